The van der Waals surface area contributed by atoms with Crippen LogP contribution in [0.25, 0.3) is 22.1 Å². The molecular weight excluding hydrogens is 582 g/mol. The first-order chi connectivity index (χ1) is 21.4. The highest BCUT2D eigenvalue weighted by Crippen LogP contribution is 2.50. The number of carboxylic acids is 1. The molecule has 45 heavy (non-hydrogen) atoms. The van der Waals surface area contributed by atoms with Gasteiger partial charge in [0.25, 0.3) is 5.56 Å². The van der Waals surface area contributed by atoms with Gasteiger partial charge in [-0.05, 0) is 37.1 Å². The maximum Gasteiger partial charge on any atom is 0.332 e. The van der Waals surface area contributed by atoms with Gasteiger partial charge in [-0.15, -0.1) is 0 Å². The Morgan fingerprint density at radius 3 is 2.53 bits per heavy atom. The summed E-state index contributed by atoms with van der Waals surface area (Å²) in [5, 5.41) is 14.9. The summed E-state index contributed by atoms with van der Waals surface area (Å²) in [4.78, 5) is 75.4. The molecule has 2 aliphatic rings. The Balaban J connectivity index is 1.29. The number of carbonyl (C=O) groups is 3. The molecule has 1 aromatic carbocycles. The van der Waals surface area contributed by atoms with Gasteiger partial charge in [0.2, 0.25) is 11.8 Å². The van der Waals surface area contributed by atoms with Crippen LogP contribution in [0.1, 0.15) is 28.7 Å². The molecular formula is C31H31N7O7. The van der Waals surface area contributed by atoms with E-state index in [4.69, 9.17) is 4.42 Å². The van der Waals surface area contributed by atoms with Crippen molar-refractivity contribution in [1.82, 2.24) is 33.9 Å². The third-order valence-corrected chi connectivity index (χ3v) is 9.54. The molecule has 2 amide bonds. The van der Waals surface area contributed by atoms with Gasteiger partial charge in [-0.3, -0.25) is 38.5 Å². The lowest BCUT2D eigenvalue weighted by Gasteiger charge is -2.31. The van der Waals surface area contributed by atoms with Crippen LogP contribution in [0.3, 0.4) is 0 Å². The summed E-state index contributed by atoms with van der Waals surface area (Å²) in [5.41, 5.74) is -0.235. The summed E-state index contributed by atoms with van der Waals surface area (Å²) in [6, 6.07) is 8.38. The molecule has 0 saturated carbocycles. The van der Waals surface area contributed by atoms with Crippen molar-refractivity contribution < 1.29 is 23.9 Å². The van der Waals surface area contributed by atoms with E-state index in [2.05, 4.69) is 15.3 Å². The van der Waals surface area contributed by atoms with E-state index < -0.39 is 52.4 Å². The van der Waals surface area contributed by atoms with Crippen LogP contribution >= 0.6 is 0 Å². The number of likely N-dealkylation sites (tertiary alicyclic amines) is 1. The first-order valence-electron chi connectivity index (χ1n) is 14.5. The van der Waals surface area contributed by atoms with Gasteiger partial charge in [-0.25, -0.2) is 9.78 Å². The Morgan fingerprint density at radius 1 is 1.07 bits per heavy atom. The lowest BCUT2D eigenvalue weighted by molar-refractivity contribution is -0.151. The fourth-order valence-corrected chi connectivity index (χ4v) is 7.07. The van der Waals surface area contributed by atoms with E-state index in [0.717, 1.165) is 25.9 Å². The number of aryl methyl sites for hydroxylation is 3. The van der Waals surface area contributed by atoms with E-state index in [1.165, 1.54) is 29.6 Å². The third kappa shape index (κ3) is 3.98. The van der Waals surface area contributed by atoms with Crippen molar-refractivity contribution in [3.63, 3.8) is 0 Å². The highest BCUT2D eigenvalue weighted by Gasteiger charge is 2.69. The number of carboxylic acid groups (broad SMARTS) is 1. The molecule has 232 valence electrons. The molecule has 0 bridgehead atoms. The van der Waals surface area contributed by atoms with Crippen LogP contribution in [0.5, 0.6) is 0 Å². The Hall–Kier alpha value is -5.24. The summed E-state index contributed by atoms with van der Waals surface area (Å²) in [5.74, 6) is -3.66. The minimum atomic E-state index is -1.83. The molecule has 4 atom stereocenters. The van der Waals surface area contributed by atoms with Crippen LogP contribution in [-0.4, -0.2) is 63.5 Å². The van der Waals surface area contributed by atoms with Crippen molar-refractivity contribution in [1.29, 1.82) is 0 Å². The number of aromatic nitrogens is 5. The SMILES string of the molecule is Cc1cc(C2NC(Cc3c[nH]c4ccccc34)(C(=O)O)C3C(=O)N(CCn4cnc5c4c(=O)n(C)c(=O)n5C)C(=O)C23)oc1C. The number of H-pyrrole nitrogens is 1. The predicted octanol–water partition coefficient (Wildman–Crippen LogP) is 1.14. The van der Waals surface area contributed by atoms with Crippen molar-refractivity contribution in [2.75, 3.05) is 6.54 Å². The number of imidazole rings is 1. The Kier molecular flexibility index (Phi) is 6.27. The summed E-state index contributed by atoms with van der Waals surface area (Å²) < 4.78 is 9.71. The topological polar surface area (TPSA) is 177 Å². The Labute approximate surface area is 254 Å². The minimum Gasteiger partial charge on any atom is -0.480 e. The third-order valence-electron chi connectivity index (χ3n) is 9.54. The maximum absolute atomic E-state index is 14.2. The number of nitrogens with one attached hydrogen (secondary N) is 2. The zero-order valence-corrected chi connectivity index (χ0v) is 25.0. The number of fused-ring (bicyclic) bond motifs is 3. The highest BCUT2D eigenvalue weighted by molar-refractivity contribution is 6.09. The molecule has 14 heteroatoms. The second kappa shape index (κ2) is 9.89. The summed E-state index contributed by atoms with van der Waals surface area (Å²) >= 11 is 0. The standard InChI is InChI=1S/C31H31N7O7/c1-15-11-20(45-16(15)2)23-21-22(31(34-23,29(42)43)12-17-13-32-19-8-6-5-7-18(17)19)27(40)38(26(21)39)10-9-37-14-33-25-24(37)28(41)36(4)30(44)35(25)3/h5-8,11,13-14,21-23,32,34H,9-10,12H2,1-4H3,(H,42,43). The first-order valence-corrected chi connectivity index (χ1v) is 14.5. The van der Waals surface area contributed by atoms with E-state index in [0.29, 0.717) is 17.1 Å². The number of aliphatic carboxylic acids is 1. The van der Waals surface area contributed by atoms with Gasteiger partial charge in [0, 0.05) is 50.7 Å². The quantitative estimate of drug-likeness (QED) is 0.227. The highest BCUT2D eigenvalue weighted by atomic mass is 16.4. The molecule has 0 radical (unpaired) electrons. The van der Waals surface area contributed by atoms with Crippen molar-refractivity contribution in [2.24, 2.45) is 25.9 Å². The van der Waals surface area contributed by atoms with Crippen molar-refractivity contribution in [2.45, 2.75) is 38.4 Å². The van der Waals surface area contributed by atoms with Crippen LogP contribution in [0.2, 0.25) is 0 Å². The molecule has 6 heterocycles. The number of aromatic amines is 1. The number of benzene rings is 1. The van der Waals surface area contributed by atoms with Crippen molar-refractivity contribution in [3.8, 4) is 0 Å². The molecule has 2 saturated heterocycles. The number of rotatable bonds is 7. The molecule has 3 N–H and O–H groups in total. The maximum atomic E-state index is 14.2. The number of carbonyl (C=O) groups excluding carboxylic acids is 2. The van der Waals surface area contributed by atoms with Gasteiger partial charge in [-0.1, -0.05) is 18.2 Å². The number of furan rings is 1. The number of amides is 2. The second-order valence-electron chi connectivity index (χ2n) is 12.0. The fraction of sp³-hybridized carbons (Fsp3) is 0.355. The smallest absolute Gasteiger partial charge is 0.332 e. The lowest BCUT2D eigenvalue weighted by Crippen LogP contribution is -2.57. The minimum absolute atomic E-state index is 0.0143. The predicted molar refractivity (Wildman–Crippen MR) is 160 cm³/mol. The van der Waals surface area contributed by atoms with Crippen LogP contribution in [-0.2, 0) is 41.4 Å². The van der Waals surface area contributed by atoms with Crippen LogP contribution in [0, 0.1) is 25.7 Å². The average molecular weight is 614 g/mol. The molecule has 0 aliphatic carbocycles. The van der Waals surface area contributed by atoms with Crippen LogP contribution in [0.15, 0.2) is 56.9 Å². The van der Waals surface area contributed by atoms with Gasteiger partial charge < -0.3 is 19.1 Å². The fourth-order valence-electron chi connectivity index (χ4n) is 7.07. The summed E-state index contributed by atoms with van der Waals surface area (Å²) in [6.07, 6.45) is 3.05. The zero-order valence-electron chi connectivity index (χ0n) is 25.0. The molecule has 4 aromatic heterocycles. The van der Waals surface area contributed by atoms with E-state index in [-0.39, 0.29) is 30.7 Å². The zero-order chi connectivity index (χ0) is 31.9. The number of hydrogen-bond donors (Lipinski definition) is 3. The van der Waals surface area contributed by atoms with Crippen LogP contribution in [0.4, 0.5) is 0 Å². The number of para-hydroxylation sites is 1. The number of imide groups is 1. The second-order valence-corrected chi connectivity index (χ2v) is 12.0. The van der Waals surface area contributed by atoms with Gasteiger partial charge in [-0.2, -0.15) is 0 Å². The Bertz CT molecular complexity index is 2160. The number of nitrogens with zero attached hydrogens (tertiary/aromatic N) is 5. The van der Waals surface area contributed by atoms with E-state index in [1.807, 2.05) is 31.2 Å². The Morgan fingerprint density at radius 2 is 1.82 bits per heavy atom. The van der Waals surface area contributed by atoms with Crippen molar-refractivity contribution in [3.05, 3.63) is 86.3 Å². The summed E-state index contributed by atoms with van der Waals surface area (Å²) in [7, 11) is 2.86. The lowest BCUT2D eigenvalue weighted by atomic mass is 9.76. The summed E-state index contributed by atoms with van der Waals surface area (Å²) in [6.45, 7) is 3.52. The monoisotopic (exact) mass is 613 g/mol. The van der Waals surface area contributed by atoms with Crippen LogP contribution < -0.4 is 16.6 Å². The van der Waals surface area contributed by atoms with Gasteiger partial charge in [0.1, 0.15) is 17.1 Å². The van der Waals surface area contributed by atoms with E-state index in [1.54, 1.807) is 19.2 Å². The van der Waals surface area contributed by atoms with Gasteiger partial charge in [0.15, 0.2) is 11.2 Å². The van der Waals surface area contributed by atoms with Gasteiger partial charge in [0.05, 0.1) is 24.2 Å². The van der Waals surface area contributed by atoms with Crippen molar-refractivity contribution >= 4 is 39.9 Å². The molecule has 2 aliphatic heterocycles. The normalized spacial score (nSPS) is 23.1. The molecule has 2 fully saturated rings. The van der Waals surface area contributed by atoms with E-state index >= 15 is 0 Å². The molecule has 7 rings (SSSR count). The largest absolute Gasteiger partial charge is 0.480 e. The average Bonchev–Trinajstić information content (AvgIpc) is 3.82. The first kappa shape index (κ1) is 28.5. The molecule has 4 unspecified atom stereocenters. The van der Waals surface area contributed by atoms with E-state index in [9.17, 15) is 29.1 Å². The number of hydrogen-bond acceptors (Lipinski definition) is 8. The molecule has 0 spiro atoms. The molecule has 5 aromatic rings. The van der Waals surface area contributed by atoms with Gasteiger partial charge >= 0.3 is 11.7 Å². The molecule has 14 nitrogen and oxygen atoms in total.